The highest BCUT2D eigenvalue weighted by Gasteiger charge is 2.22. The van der Waals surface area contributed by atoms with E-state index in [1.165, 1.54) is 25.3 Å². The molecule has 1 aliphatic rings. The summed E-state index contributed by atoms with van der Waals surface area (Å²) in [6, 6.07) is 3.98. The summed E-state index contributed by atoms with van der Waals surface area (Å²) >= 11 is 0. The van der Waals surface area contributed by atoms with Crippen molar-refractivity contribution < 1.29 is 23.0 Å². The van der Waals surface area contributed by atoms with Crippen molar-refractivity contribution in [2.45, 2.75) is 31.9 Å². The molecule has 1 atom stereocenters. The van der Waals surface area contributed by atoms with Crippen LogP contribution in [0.15, 0.2) is 18.2 Å². The molecule has 1 amide bonds. The number of anilines is 1. The maximum Gasteiger partial charge on any atom is 0.387 e. The Morgan fingerprint density at radius 2 is 2.24 bits per heavy atom. The molecule has 1 heterocycles. The van der Waals surface area contributed by atoms with Crippen LogP contribution in [0, 0.1) is 0 Å². The molecular weight excluding hydrogens is 282 g/mol. The Bertz CT molecular complexity index is 491. The average molecular weight is 300 g/mol. The smallest absolute Gasteiger partial charge is 0.387 e. The molecule has 7 heteroatoms. The summed E-state index contributed by atoms with van der Waals surface area (Å²) in [6.45, 7) is -2.18. The number of carbonyl (C=O) groups excluding carboxylic acids is 1. The molecule has 21 heavy (non-hydrogen) atoms. The molecule has 2 rings (SSSR count). The van der Waals surface area contributed by atoms with Gasteiger partial charge in [0.15, 0.2) is 0 Å². The summed E-state index contributed by atoms with van der Waals surface area (Å²) in [7, 11) is 1.46. The number of carbonyl (C=O) groups is 1. The van der Waals surface area contributed by atoms with Gasteiger partial charge in [-0.3, -0.25) is 4.79 Å². The molecular formula is C14H18F2N2O3. The lowest BCUT2D eigenvalue weighted by atomic mass is 10.0. The van der Waals surface area contributed by atoms with Gasteiger partial charge in [-0.25, -0.2) is 0 Å². The zero-order chi connectivity index (χ0) is 15.2. The van der Waals surface area contributed by atoms with Gasteiger partial charge in [-0.2, -0.15) is 8.78 Å². The number of alkyl halides is 2. The predicted octanol–water partition coefficient (Wildman–Crippen LogP) is 2.38. The van der Waals surface area contributed by atoms with Gasteiger partial charge in [0.1, 0.15) is 11.5 Å². The number of hydrogen-bond donors (Lipinski definition) is 2. The standard InChI is InChI=1S/C14H18F2N2O3/c1-20-9-5-6-12(21-14(15)16)11(8-9)18-13(19)10-4-2-3-7-17-10/h5-6,8,10,14,17H,2-4,7H2,1H3,(H,18,19)/t10-/m0/s1. The fraction of sp³-hybridized carbons (Fsp3) is 0.500. The molecule has 2 N–H and O–H groups in total. The summed E-state index contributed by atoms with van der Waals surface area (Å²) < 4.78 is 34.2. The van der Waals surface area contributed by atoms with Gasteiger partial charge in [0.25, 0.3) is 0 Å². The van der Waals surface area contributed by atoms with Gasteiger partial charge in [0.05, 0.1) is 18.8 Å². The number of methoxy groups -OCH3 is 1. The van der Waals surface area contributed by atoms with E-state index in [0.29, 0.717) is 5.75 Å². The van der Waals surface area contributed by atoms with Crippen LogP contribution in [0.2, 0.25) is 0 Å². The van der Waals surface area contributed by atoms with Crippen LogP contribution in [0.5, 0.6) is 11.5 Å². The van der Waals surface area contributed by atoms with Crippen LogP contribution >= 0.6 is 0 Å². The maximum absolute atomic E-state index is 12.4. The van der Waals surface area contributed by atoms with Crippen molar-refractivity contribution in [3.8, 4) is 11.5 Å². The summed E-state index contributed by atoms with van der Waals surface area (Å²) in [5.74, 6) is 0.0977. The van der Waals surface area contributed by atoms with Crippen LogP contribution < -0.4 is 20.1 Å². The van der Waals surface area contributed by atoms with E-state index in [2.05, 4.69) is 15.4 Å². The molecule has 1 aromatic carbocycles. The molecule has 0 bridgehead atoms. The Morgan fingerprint density at radius 3 is 2.86 bits per heavy atom. The molecule has 0 unspecified atom stereocenters. The van der Waals surface area contributed by atoms with Crippen LogP contribution in [0.4, 0.5) is 14.5 Å². The summed E-state index contributed by atoms with van der Waals surface area (Å²) in [6.07, 6.45) is 2.72. The molecule has 0 aliphatic carbocycles. The zero-order valence-corrected chi connectivity index (χ0v) is 11.7. The third-order valence-electron chi connectivity index (χ3n) is 3.29. The highest BCUT2D eigenvalue weighted by molar-refractivity contribution is 5.96. The van der Waals surface area contributed by atoms with Crippen LogP contribution in [0.3, 0.4) is 0 Å². The van der Waals surface area contributed by atoms with Gasteiger partial charge >= 0.3 is 6.61 Å². The monoisotopic (exact) mass is 300 g/mol. The highest BCUT2D eigenvalue weighted by Crippen LogP contribution is 2.30. The first-order chi connectivity index (χ1) is 10.1. The Kier molecular flexibility index (Phi) is 5.32. The van der Waals surface area contributed by atoms with Gasteiger partial charge in [0, 0.05) is 6.07 Å². The summed E-state index contributed by atoms with van der Waals surface area (Å²) in [5.41, 5.74) is 0.173. The van der Waals surface area contributed by atoms with Crippen molar-refractivity contribution >= 4 is 11.6 Å². The van der Waals surface area contributed by atoms with Gasteiger partial charge in [0.2, 0.25) is 5.91 Å². The van der Waals surface area contributed by atoms with Crippen molar-refractivity contribution in [2.24, 2.45) is 0 Å². The van der Waals surface area contributed by atoms with Gasteiger partial charge < -0.3 is 20.1 Å². The number of halogens is 2. The van der Waals surface area contributed by atoms with Crippen molar-refractivity contribution in [3.63, 3.8) is 0 Å². The second-order valence-corrected chi connectivity index (χ2v) is 4.73. The minimum absolute atomic E-state index is 0.0880. The van der Waals surface area contributed by atoms with Gasteiger partial charge in [-0.05, 0) is 31.5 Å². The third-order valence-corrected chi connectivity index (χ3v) is 3.29. The maximum atomic E-state index is 12.4. The number of rotatable bonds is 5. The van der Waals surface area contributed by atoms with E-state index < -0.39 is 6.61 Å². The van der Waals surface area contributed by atoms with E-state index >= 15 is 0 Å². The lowest BCUT2D eigenvalue weighted by Gasteiger charge is -2.23. The van der Waals surface area contributed by atoms with E-state index in [0.717, 1.165) is 25.8 Å². The van der Waals surface area contributed by atoms with Crippen LogP contribution in [0.1, 0.15) is 19.3 Å². The second-order valence-electron chi connectivity index (χ2n) is 4.73. The molecule has 0 spiro atoms. The van der Waals surface area contributed by atoms with Crippen molar-refractivity contribution in [3.05, 3.63) is 18.2 Å². The number of amides is 1. The molecule has 116 valence electrons. The fourth-order valence-electron chi connectivity index (χ4n) is 2.23. The van der Waals surface area contributed by atoms with E-state index in [1.807, 2.05) is 0 Å². The topological polar surface area (TPSA) is 59.6 Å². The first-order valence-corrected chi connectivity index (χ1v) is 6.77. The van der Waals surface area contributed by atoms with E-state index in [1.54, 1.807) is 0 Å². The van der Waals surface area contributed by atoms with Crippen molar-refractivity contribution in [1.29, 1.82) is 0 Å². The third kappa shape index (κ3) is 4.29. The lowest BCUT2D eigenvalue weighted by molar-refractivity contribution is -0.118. The lowest BCUT2D eigenvalue weighted by Crippen LogP contribution is -2.43. The number of piperidine rings is 1. The normalized spacial score (nSPS) is 18.4. The highest BCUT2D eigenvalue weighted by atomic mass is 19.3. The van der Waals surface area contributed by atoms with Crippen molar-refractivity contribution in [1.82, 2.24) is 5.32 Å². The molecule has 1 aromatic rings. The van der Waals surface area contributed by atoms with Crippen LogP contribution in [-0.2, 0) is 4.79 Å². The van der Waals surface area contributed by atoms with Crippen molar-refractivity contribution in [2.75, 3.05) is 19.0 Å². The SMILES string of the molecule is COc1ccc(OC(F)F)c(NC(=O)[C@@H]2CCCCN2)c1. The van der Waals surface area contributed by atoms with E-state index in [9.17, 15) is 13.6 Å². The first-order valence-electron chi connectivity index (χ1n) is 6.77. The Morgan fingerprint density at radius 1 is 1.43 bits per heavy atom. The molecule has 0 saturated carbocycles. The minimum atomic E-state index is -2.96. The summed E-state index contributed by atoms with van der Waals surface area (Å²) in [4.78, 5) is 12.1. The second kappa shape index (κ2) is 7.21. The first kappa shape index (κ1) is 15.5. The Balaban J connectivity index is 2.13. The number of ether oxygens (including phenoxy) is 2. The van der Waals surface area contributed by atoms with E-state index in [4.69, 9.17) is 4.74 Å². The molecule has 5 nitrogen and oxygen atoms in total. The summed E-state index contributed by atoms with van der Waals surface area (Å²) in [5, 5.41) is 5.72. The Hall–Kier alpha value is -1.89. The van der Waals surface area contributed by atoms with Crippen LogP contribution in [0.25, 0.3) is 0 Å². The van der Waals surface area contributed by atoms with Gasteiger partial charge in [-0.1, -0.05) is 6.42 Å². The molecule has 1 fully saturated rings. The molecule has 1 saturated heterocycles. The number of nitrogens with one attached hydrogen (secondary N) is 2. The Labute approximate surface area is 121 Å². The zero-order valence-electron chi connectivity index (χ0n) is 11.7. The van der Waals surface area contributed by atoms with Gasteiger partial charge in [-0.15, -0.1) is 0 Å². The number of benzene rings is 1. The molecule has 0 radical (unpaired) electrons. The fourth-order valence-corrected chi connectivity index (χ4v) is 2.23. The number of hydrogen-bond acceptors (Lipinski definition) is 4. The quantitative estimate of drug-likeness (QED) is 0.876. The minimum Gasteiger partial charge on any atom is -0.497 e. The largest absolute Gasteiger partial charge is 0.497 e. The van der Waals surface area contributed by atoms with Crippen LogP contribution in [-0.4, -0.2) is 32.2 Å². The van der Waals surface area contributed by atoms with E-state index in [-0.39, 0.29) is 23.4 Å². The predicted molar refractivity (Wildman–Crippen MR) is 73.9 cm³/mol. The average Bonchev–Trinajstić information content (AvgIpc) is 2.49. The molecule has 1 aliphatic heterocycles. The molecule has 0 aromatic heterocycles.